The molecule has 50 heavy (non-hydrogen) atoms. The lowest BCUT2D eigenvalue weighted by Crippen LogP contribution is -1.96. The van der Waals surface area contributed by atoms with Crippen LogP contribution < -0.4 is 0 Å². The van der Waals surface area contributed by atoms with Gasteiger partial charge < -0.3 is 0 Å². The molecule has 2 aromatic heterocycles. The highest BCUT2D eigenvalue weighted by atomic mass is 14.9. The van der Waals surface area contributed by atoms with Crippen LogP contribution in [0, 0.1) is 0 Å². The van der Waals surface area contributed by atoms with Crippen LogP contribution in [0.4, 0.5) is 0 Å². The summed E-state index contributed by atoms with van der Waals surface area (Å²) in [4.78, 5) is 15.6. The molecule has 10 rings (SSSR count). The minimum Gasteiger partial charge on any atom is -0.247 e. The molecule has 0 N–H and O–H groups in total. The van der Waals surface area contributed by atoms with E-state index in [4.69, 9.17) is 15.0 Å². The molecule has 0 spiro atoms. The molecule has 0 amide bonds. The molecule has 0 saturated carbocycles. The fraction of sp³-hybridized carbons (Fsp3) is 0. The lowest BCUT2D eigenvalue weighted by atomic mass is 9.89. The van der Waals surface area contributed by atoms with Crippen molar-refractivity contribution in [3.63, 3.8) is 0 Å². The van der Waals surface area contributed by atoms with Crippen molar-refractivity contribution in [3.05, 3.63) is 176 Å². The van der Waals surface area contributed by atoms with Gasteiger partial charge in [0.15, 0.2) is 5.82 Å². The van der Waals surface area contributed by atoms with Crippen molar-refractivity contribution >= 4 is 54.0 Å². The van der Waals surface area contributed by atoms with E-state index < -0.39 is 0 Å². The molecular formula is C47H29N3. The van der Waals surface area contributed by atoms with Crippen LogP contribution in [-0.2, 0) is 0 Å². The summed E-state index contributed by atoms with van der Waals surface area (Å²) in [7, 11) is 0. The van der Waals surface area contributed by atoms with Crippen LogP contribution in [0.2, 0.25) is 0 Å². The summed E-state index contributed by atoms with van der Waals surface area (Å²) in [6.07, 6.45) is 0. The van der Waals surface area contributed by atoms with Gasteiger partial charge in [0.1, 0.15) is 0 Å². The van der Waals surface area contributed by atoms with Crippen LogP contribution in [0.5, 0.6) is 0 Å². The number of hydrogen-bond acceptors (Lipinski definition) is 3. The van der Waals surface area contributed by atoms with Crippen LogP contribution in [0.3, 0.4) is 0 Å². The average Bonchev–Trinajstić information content (AvgIpc) is 3.20. The molecular weight excluding hydrogens is 607 g/mol. The van der Waals surface area contributed by atoms with Gasteiger partial charge in [0.2, 0.25) is 0 Å². The van der Waals surface area contributed by atoms with Crippen molar-refractivity contribution in [2.24, 2.45) is 0 Å². The molecule has 0 unspecified atom stereocenters. The quantitative estimate of drug-likeness (QED) is 0.143. The summed E-state index contributed by atoms with van der Waals surface area (Å²) in [6, 6.07) is 61.9. The second-order valence-electron chi connectivity index (χ2n) is 12.8. The van der Waals surface area contributed by atoms with Crippen LogP contribution in [0.1, 0.15) is 0 Å². The molecule has 0 aliphatic heterocycles. The molecule has 0 saturated heterocycles. The van der Waals surface area contributed by atoms with Gasteiger partial charge in [0.05, 0.1) is 22.6 Å². The maximum absolute atomic E-state index is 5.46. The number of aromatic nitrogens is 3. The van der Waals surface area contributed by atoms with Gasteiger partial charge in [-0.1, -0.05) is 158 Å². The lowest BCUT2D eigenvalue weighted by molar-refractivity contribution is 1.18. The Balaban J connectivity index is 1.22. The molecule has 0 bridgehead atoms. The van der Waals surface area contributed by atoms with Gasteiger partial charge in [0, 0.05) is 38.4 Å². The first-order valence-corrected chi connectivity index (χ1v) is 16.9. The molecule has 232 valence electrons. The van der Waals surface area contributed by atoms with E-state index in [-0.39, 0.29) is 0 Å². The summed E-state index contributed by atoms with van der Waals surface area (Å²) in [6.45, 7) is 0. The molecule has 0 fully saturated rings. The van der Waals surface area contributed by atoms with Gasteiger partial charge in [-0.2, -0.15) is 0 Å². The van der Waals surface area contributed by atoms with E-state index >= 15 is 0 Å². The molecule has 3 heteroatoms. The number of rotatable bonds is 4. The minimum absolute atomic E-state index is 0.691. The van der Waals surface area contributed by atoms with Crippen molar-refractivity contribution in [2.75, 3.05) is 0 Å². The molecule has 0 aliphatic rings. The molecule has 2 heterocycles. The Bertz CT molecular complexity index is 2840. The van der Waals surface area contributed by atoms with Crippen LogP contribution in [0.25, 0.3) is 99.2 Å². The Hall–Kier alpha value is -6.71. The van der Waals surface area contributed by atoms with E-state index in [2.05, 4.69) is 140 Å². The van der Waals surface area contributed by atoms with E-state index in [1.54, 1.807) is 0 Å². The molecule has 3 nitrogen and oxygen atoms in total. The predicted octanol–water partition coefficient (Wildman–Crippen LogP) is 12.3. The SMILES string of the molecule is c1ccc(-c2cc(-c3ccccc3)nc(-c3ccc(-c4nc5cc6ccccc6cc5c5c6ccccc6c6ccccc6c45)cc3)n2)cc1. The van der Waals surface area contributed by atoms with Crippen LogP contribution >= 0.6 is 0 Å². The highest BCUT2D eigenvalue weighted by Crippen LogP contribution is 2.43. The first-order chi connectivity index (χ1) is 24.8. The predicted molar refractivity (Wildman–Crippen MR) is 209 cm³/mol. The summed E-state index contributed by atoms with van der Waals surface area (Å²) < 4.78 is 0. The zero-order valence-electron chi connectivity index (χ0n) is 27.1. The van der Waals surface area contributed by atoms with Gasteiger partial charge in [-0.05, 0) is 50.5 Å². The summed E-state index contributed by atoms with van der Waals surface area (Å²) in [5, 5.41) is 10.9. The van der Waals surface area contributed by atoms with Crippen molar-refractivity contribution in [3.8, 4) is 45.2 Å². The van der Waals surface area contributed by atoms with Crippen molar-refractivity contribution in [2.45, 2.75) is 0 Å². The molecule has 0 aliphatic carbocycles. The fourth-order valence-corrected chi connectivity index (χ4v) is 7.44. The highest BCUT2D eigenvalue weighted by Gasteiger charge is 2.18. The topological polar surface area (TPSA) is 38.7 Å². The van der Waals surface area contributed by atoms with Crippen molar-refractivity contribution < 1.29 is 0 Å². The lowest BCUT2D eigenvalue weighted by Gasteiger charge is -2.17. The third-order valence-corrected chi connectivity index (χ3v) is 9.82. The molecule has 0 atom stereocenters. The second kappa shape index (κ2) is 11.5. The third-order valence-electron chi connectivity index (χ3n) is 9.82. The van der Waals surface area contributed by atoms with Gasteiger partial charge in [-0.15, -0.1) is 0 Å². The Morgan fingerprint density at radius 3 is 1.38 bits per heavy atom. The van der Waals surface area contributed by atoms with Gasteiger partial charge >= 0.3 is 0 Å². The van der Waals surface area contributed by atoms with E-state index in [1.165, 1.54) is 48.5 Å². The minimum atomic E-state index is 0.691. The number of fused-ring (bicyclic) bond motifs is 9. The smallest absolute Gasteiger partial charge is 0.160 e. The van der Waals surface area contributed by atoms with E-state index in [9.17, 15) is 0 Å². The van der Waals surface area contributed by atoms with Crippen LogP contribution in [0.15, 0.2) is 176 Å². The fourth-order valence-electron chi connectivity index (χ4n) is 7.44. The maximum atomic E-state index is 5.46. The monoisotopic (exact) mass is 635 g/mol. The Morgan fingerprint density at radius 2 is 0.780 bits per heavy atom. The van der Waals surface area contributed by atoms with Crippen LogP contribution in [-0.4, -0.2) is 15.0 Å². The molecule has 8 aromatic carbocycles. The van der Waals surface area contributed by atoms with Gasteiger partial charge in [0.25, 0.3) is 0 Å². The first-order valence-electron chi connectivity index (χ1n) is 16.9. The van der Waals surface area contributed by atoms with E-state index in [0.29, 0.717) is 5.82 Å². The molecule has 0 radical (unpaired) electrons. The zero-order chi connectivity index (χ0) is 33.0. The zero-order valence-corrected chi connectivity index (χ0v) is 27.1. The van der Waals surface area contributed by atoms with Crippen molar-refractivity contribution in [1.29, 1.82) is 0 Å². The summed E-state index contributed by atoms with van der Waals surface area (Å²) in [5.41, 5.74) is 7.87. The number of hydrogen-bond donors (Lipinski definition) is 0. The molecule has 10 aromatic rings. The number of nitrogens with zero attached hydrogens (tertiary/aromatic N) is 3. The average molecular weight is 636 g/mol. The summed E-state index contributed by atoms with van der Waals surface area (Å²) in [5.74, 6) is 0.691. The highest BCUT2D eigenvalue weighted by molar-refractivity contribution is 6.34. The van der Waals surface area contributed by atoms with Crippen molar-refractivity contribution in [1.82, 2.24) is 15.0 Å². The van der Waals surface area contributed by atoms with Gasteiger partial charge in [-0.3, -0.25) is 0 Å². The second-order valence-corrected chi connectivity index (χ2v) is 12.8. The number of benzene rings is 8. The maximum Gasteiger partial charge on any atom is 0.160 e. The van der Waals surface area contributed by atoms with Gasteiger partial charge in [-0.25, -0.2) is 15.0 Å². The number of pyridine rings is 1. The van der Waals surface area contributed by atoms with E-state index in [0.717, 1.165) is 44.9 Å². The standard InChI is InChI=1S/C47H29N3/c1-3-13-30(14-4-1)41-29-42(31-15-5-2-6-16-31)50-47(49-41)33-25-23-32(24-26-33)46-45-39-22-12-10-20-37(39)36-19-9-11-21-38(36)44(45)40-27-34-17-7-8-18-35(34)28-43(40)48-46/h1-29H. The summed E-state index contributed by atoms with van der Waals surface area (Å²) >= 11 is 0. The Morgan fingerprint density at radius 1 is 0.300 bits per heavy atom. The largest absolute Gasteiger partial charge is 0.247 e. The van der Waals surface area contributed by atoms with E-state index in [1.807, 2.05) is 36.4 Å². The first kappa shape index (κ1) is 28.3. The normalized spacial score (nSPS) is 11.6. The third kappa shape index (κ3) is 4.63. The Kier molecular flexibility index (Phi) is 6.49. The Labute approximate surface area is 289 Å².